The van der Waals surface area contributed by atoms with Crippen LogP contribution in [-0.2, 0) is 0 Å². The minimum atomic E-state index is -0.558. The maximum atomic E-state index is 14.6. The lowest BCUT2D eigenvalue weighted by Gasteiger charge is -2.29. The Morgan fingerprint density at radius 1 is 1.10 bits per heavy atom. The highest BCUT2D eigenvalue weighted by Gasteiger charge is 2.33. The number of ketones is 1. The molecule has 160 valence electrons. The highest BCUT2D eigenvalue weighted by atomic mass is 35.5. The number of nitrogens with two attached hydrogens (primary N) is 1. The molecule has 2 fully saturated rings. The third kappa shape index (κ3) is 4.02. The molecule has 1 aromatic carbocycles. The second-order valence-electron chi connectivity index (χ2n) is 8.64. The van der Waals surface area contributed by atoms with Gasteiger partial charge in [0.25, 0.3) is 0 Å². The number of aromatic nitrogens is 2. The van der Waals surface area contributed by atoms with E-state index in [-0.39, 0.29) is 28.9 Å². The quantitative estimate of drug-likeness (QED) is 0.413. The Bertz CT molecular complexity index is 1160. The number of pyridine rings is 2. The van der Waals surface area contributed by atoms with Crippen LogP contribution in [0, 0.1) is 11.7 Å². The minimum absolute atomic E-state index is 0.0826. The van der Waals surface area contributed by atoms with Crippen LogP contribution in [0.1, 0.15) is 48.9 Å². The van der Waals surface area contributed by atoms with Crippen molar-refractivity contribution in [1.29, 1.82) is 0 Å². The summed E-state index contributed by atoms with van der Waals surface area (Å²) in [5.41, 5.74) is 9.29. The minimum Gasteiger partial charge on any atom is -0.381 e. The Labute approximate surface area is 185 Å². The first kappa shape index (κ1) is 20.3. The van der Waals surface area contributed by atoms with E-state index in [9.17, 15) is 9.18 Å². The smallest absolute Gasteiger partial charge is 0.169 e. The van der Waals surface area contributed by atoms with Gasteiger partial charge < -0.3 is 11.1 Å². The number of rotatable bonds is 5. The third-order valence-electron chi connectivity index (χ3n) is 6.36. The molecule has 2 saturated carbocycles. The average Bonchev–Trinajstić information content (AvgIpc) is 3.62. The van der Waals surface area contributed by atoms with Gasteiger partial charge in [0.15, 0.2) is 16.8 Å². The van der Waals surface area contributed by atoms with Crippen LogP contribution < -0.4 is 11.1 Å². The molecule has 0 bridgehead atoms. The first-order valence-corrected chi connectivity index (χ1v) is 11.2. The number of carbonyl (C=O) groups excluding carboxylic acids is 1. The van der Waals surface area contributed by atoms with E-state index in [4.69, 9.17) is 17.3 Å². The monoisotopic (exact) mass is 438 g/mol. The molecule has 5 rings (SSSR count). The van der Waals surface area contributed by atoms with Gasteiger partial charge in [0, 0.05) is 41.3 Å². The molecule has 0 atom stereocenters. The lowest BCUT2D eigenvalue weighted by molar-refractivity contribution is 0.0968. The number of nitrogens with zero attached hydrogens (tertiary/aromatic N) is 2. The van der Waals surface area contributed by atoms with Gasteiger partial charge in [-0.3, -0.25) is 9.78 Å². The van der Waals surface area contributed by atoms with E-state index in [1.165, 1.54) is 6.20 Å². The fraction of sp³-hybridized carbons (Fsp3) is 0.375. The van der Waals surface area contributed by atoms with Gasteiger partial charge in [-0.05, 0) is 62.3 Å². The molecule has 2 heterocycles. The summed E-state index contributed by atoms with van der Waals surface area (Å²) in [5, 5.41) is 4.28. The topological polar surface area (TPSA) is 80.9 Å². The summed E-state index contributed by atoms with van der Waals surface area (Å²) in [6.45, 7) is 0. The summed E-state index contributed by atoms with van der Waals surface area (Å²) in [7, 11) is 0. The van der Waals surface area contributed by atoms with E-state index in [1.807, 2.05) is 18.2 Å². The van der Waals surface area contributed by atoms with Crippen LogP contribution in [0.25, 0.3) is 22.0 Å². The van der Waals surface area contributed by atoms with Gasteiger partial charge >= 0.3 is 0 Å². The van der Waals surface area contributed by atoms with Crippen molar-refractivity contribution in [2.75, 3.05) is 5.32 Å². The number of benzene rings is 1. The van der Waals surface area contributed by atoms with Gasteiger partial charge in [0.2, 0.25) is 0 Å². The Hall–Kier alpha value is -2.57. The fourth-order valence-electron chi connectivity index (χ4n) is 4.38. The molecule has 0 spiro atoms. The van der Waals surface area contributed by atoms with Crippen molar-refractivity contribution < 1.29 is 9.18 Å². The van der Waals surface area contributed by atoms with Gasteiger partial charge in [0.05, 0.1) is 16.8 Å². The van der Waals surface area contributed by atoms with E-state index in [0.717, 1.165) is 55.1 Å². The third-order valence-corrected chi connectivity index (χ3v) is 6.62. The van der Waals surface area contributed by atoms with Gasteiger partial charge in [-0.1, -0.05) is 17.7 Å². The summed E-state index contributed by atoms with van der Waals surface area (Å²) < 4.78 is 14.6. The predicted octanol–water partition coefficient (Wildman–Crippen LogP) is 5.36. The number of nitrogens with one attached hydrogen (secondary N) is 1. The molecule has 2 aliphatic carbocycles. The normalized spacial score (nSPS) is 21.3. The summed E-state index contributed by atoms with van der Waals surface area (Å²) in [6, 6.07) is 7.64. The first-order valence-electron chi connectivity index (χ1n) is 10.8. The number of Topliss-reactive ketones (excluding diaryl/α,β-unsaturated/α-hetero) is 1. The highest BCUT2D eigenvalue weighted by molar-refractivity contribution is 6.29. The number of fused-ring (bicyclic) bond motifs is 1. The van der Waals surface area contributed by atoms with Crippen molar-refractivity contribution in [3.05, 3.63) is 53.2 Å². The van der Waals surface area contributed by atoms with E-state index in [2.05, 4.69) is 15.3 Å². The molecule has 0 aliphatic heterocycles. The Morgan fingerprint density at radius 3 is 2.61 bits per heavy atom. The molecule has 3 N–H and O–H groups in total. The van der Waals surface area contributed by atoms with Crippen LogP contribution in [0.3, 0.4) is 0 Å². The maximum absolute atomic E-state index is 14.6. The lowest BCUT2D eigenvalue weighted by atomic mass is 9.91. The Morgan fingerprint density at radius 2 is 1.87 bits per heavy atom. The number of carbonyl (C=O) groups is 1. The summed E-state index contributed by atoms with van der Waals surface area (Å²) in [6.07, 6.45) is 8.85. The molecule has 2 aromatic heterocycles. The second-order valence-corrected chi connectivity index (χ2v) is 8.99. The summed E-state index contributed by atoms with van der Waals surface area (Å²) in [4.78, 5) is 21.4. The van der Waals surface area contributed by atoms with Crippen molar-refractivity contribution >= 4 is 34.0 Å². The molecule has 0 radical (unpaired) electrons. The van der Waals surface area contributed by atoms with Crippen LogP contribution in [0.5, 0.6) is 0 Å². The van der Waals surface area contributed by atoms with E-state index in [0.29, 0.717) is 16.7 Å². The molecule has 2 aliphatic rings. The van der Waals surface area contributed by atoms with Gasteiger partial charge in [-0.25, -0.2) is 9.37 Å². The molecule has 3 aromatic rings. The molecular formula is C24H24ClFN4O. The number of hydrogen-bond donors (Lipinski definition) is 2. The van der Waals surface area contributed by atoms with Crippen LogP contribution in [-0.4, -0.2) is 27.8 Å². The highest BCUT2D eigenvalue weighted by Crippen LogP contribution is 2.39. The molecule has 5 nitrogen and oxygen atoms in total. The van der Waals surface area contributed by atoms with Gasteiger partial charge in [-0.2, -0.15) is 0 Å². The predicted molar refractivity (Wildman–Crippen MR) is 121 cm³/mol. The zero-order chi connectivity index (χ0) is 21.5. The van der Waals surface area contributed by atoms with E-state index >= 15 is 0 Å². The molecule has 0 saturated heterocycles. The molecule has 0 amide bonds. The lowest BCUT2D eigenvalue weighted by Crippen LogP contribution is -2.33. The number of halogens is 2. The molecule has 7 heteroatoms. The van der Waals surface area contributed by atoms with Crippen molar-refractivity contribution in [2.24, 2.45) is 11.7 Å². The number of anilines is 1. The SMILES string of the molecule is N[C@H]1CC[C@H](Nc2c(C(=O)C3CC3)cnc3ccc(-c4ccnc(Cl)c4F)cc23)CC1. The fourth-order valence-corrected chi connectivity index (χ4v) is 4.53. The van der Waals surface area contributed by atoms with Crippen LogP contribution in [0.15, 0.2) is 36.7 Å². The van der Waals surface area contributed by atoms with Crippen molar-refractivity contribution in [2.45, 2.75) is 50.6 Å². The van der Waals surface area contributed by atoms with E-state index in [1.54, 1.807) is 12.3 Å². The van der Waals surface area contributed by atoms with Crippen LogP contribution >= 0.6 is 11.6 Å². The molecule has 31 heavy (non-hydrogen) atoms. The van der Waals surface area contributed by atoms with Crippen molar-refractivity contribution in [3.8, 4) is 11.1 Å². The zero-order valence-corrected chi connectivity index (χ0v) is 17.8. The number of hydrogen-bond acceptors (Lipinski definition) is 5. The summed E-state index contributed by atoms with van der Waals surface area (Å²) >= 11 is 5.90. The Balaban J connectivity index is 1.62. The summed E-state index contributed by atoms with van der Waals surface area (Å²) in [5.74, 6) is -0.343. The zero-order valence-electron chi connectivity index (χ0n) is 17.1. The van der Waals surface area contributed by atoms with Crippen LogP contribution in [0.4, 0.5) is 10.1 Å². The first-order chi connectivity index (χ1) is 15.0. The molecule has 0 unspecified atom stereocenters. The van der Waals surface area contributed by atoms with E-state index < -0.39 is 5.82 Å². The van der Waals surface area contributed by atoms with Crippen molar-refractivity contribution in [3.63, 3.8) is 0 Å². The van der Waals surface area contributed by atoms with Gasteiger partial charge in [-0.15, -0.1) is 0 Å². The second kappa shape index (κ2) is 8.17. The standard InChI is InChI=1S/C24H24ClFN4O/c25-24-21(26)17(9-10-28-24)14-3-8-20-18(11-14)22(30-16-6-4-15(27)5-7-16)19(12-29-20)23(31)13-1-2-13/h3,8-13,15-16H,1-2,4-7,27H2,(H,29,30)/t15-,16-. The van der Waals surface area contributed by atoms with Crippen LogP contribution in [0.2, 0.25) is 5.15 Å². The van der Waals surface area contributed by atoms with Gasteiger partial charge in [0.1, 0.15) is 0 Å². The largest absolute Gasteiger partial charge is 0.381 e. The Kier molecular flexibility index (Phi) is 5.36. The molecular weight excluding hydrogens is 415 g/mol. The average molecular weight is 439 g/mol. The van der Waals surface area contributed by atoms with Crippen molar-refractivity contribution in [1.82, 2.24) is 9.97 Å². The maximum Gasteiger partial charge on any atom is 0.169 e.